The van der Waals surface area contributed by atoms with Gasteiger partial charge in [0.2, 0.25) is 0 Å². The minimum atomic E-state index is -0.411. The number of piperazine rings is 1. The number of hydrogen-bond acceptors (Lipinski definition) is 4. The van der Waals surface area contributed by atoms with E-state index in [1.54, 1.807) is 21.6 Å². The number of halogens is 2. The van der Waals surface area contributed by atoms with Gasteiger partial charge in [-0.3, -0.25) is 14.6 Å². The number of pyridine rings is 1. The lowest BCUT2D eigenvalue weighted by molar-refractivity contribution is -0.122. The predicted molar refractivity (Wildman–Crippen MR) is 141 cm³/mol. The van der Waals surface area contributed by atoms with Crippen LogP contribution in [0.2, 0.25) is 0 Å². The van der Waals surface area contributed by atoms with Crippen LogP contribution in [0.15, 0.2) is 72.5 Å². The molecular weight excluding hydrogens is 544 g/mol. The Morgan fingerprint density at radius 1 is 1.09 bits per heavy atom. The fraction of sp³-hybridized carbons (Fsp3) is 0.308. The number of alkyl halides is 1. The van der Waals surface area contributed by atoms with Gasteiger partial charge in [0.05, 0.1) is 11.4 Å². The van der Waals surface area contributed by atoms with E-state index < -0.39 is 5.82 Å². The lowest BCUT2D eigenvalue weighted by Gasteiger charge is -2.38. The number of hydrogen-bond donors (Lipinski definition) is 0. The van der Waals surface area contributed by atoms with Gasteiger partial charge in [0.25, 0.3) is 5.91 Å². The van der Waals surface area contributed by atoms with Crippen molar-refractivity contribution in [3.05, 3.63) is 89.6 Å². The number of carbonyl (C=O) groups excluding carboxylic acids is 1. The summed E-state index contributed by atoms with van der Waals surface area (Å²) >= 11 is 2.43. The zero-order valence-electron chi connectivity index (χ0n) is 19.1. The Kier molecular flexibility index (Phi) is 6.69. The Hall–Kier alpha value is -2.72. The highest BCUT2D eigenvalue weighted by Crippen LogP contribution is 2.26. The third kappa shape index (κ3) is 4.74. The number of imidazole rings is 1. The first kappa shape index (κ1) is 23.0. The zero-order chi connectivity index (χ0) is 23.7. The number of carbonyl (C=O) groups is 1. The molecule has 0 radical (unpaired) electrons. The van der Waals surface area contributed by atoms with Gasteiger partial charge in [-0.15, -0.1) is 0 Å². The number of nitrogens with zero attached hydrogens (tertiary/aromatic N) is 5. The van der Waals surface area contributed by atoms with Gasteiger partial charge in [0.15, 0.2) is 11.5 Å². The lowest BCUT2D eigenvalue weighted by Crippen LogP contribution is -2.46. The van der Waals surface area contributed by atoms with Crippen LogP contribution >= 0.6 is 22.6 Å². The van der Waals surface area contributed by atoms with E-state index in [-0.39, 0.29) is 11.6 Å². The van der Waals surface area contributed by atoms with E-state index in [0.29, 0.717) is 11.1 Å². The molecule has 6 nitrogen and oxygen atoms in total. The Morgan fingerprint density at radius 2 is 1.88 bits per heavy atom. The van der Waals surface area contributed by atoms with Gasteiger partial charge in [-0.25, -0.2) is 9.37 Å². The first-order chi connectivity index (χ1) is 16.5. The molecule has 0 atom stereocenters. The molecule has 1 amide bonds. The topological polar surface area (TPSA) is 44.1 Å². The molecular formula is C26H27FIN5O. The van der Waals surface area contributed by atoms with Crippen LogP contribution in [0.4, 0.5) is 4.39 Å². The largest absolute Gasteiger partial charge is 0.368 e. The maximum atomic E-state index is 14.6. The van der Waals surface area contributed by atoms with Gasteiger partial charge in [-0.2, -0.15) is 0 Å². The Bertz CT molecular complexity index is 1260. The van der Waals surface area contributed by atoms with Gasteiger partial charge in [0, 0.05) is 66.5 Å². The lowest BCUT2D eigenvalue weighted by atomic mass is 10.0. The minimum absolute atomic E-state index is 0.157. The molecule has 176 valence electrons. The summed E-state index contributed by atoms with van der Waals surface area (Å²) in [5.41, 5.74) is 4.16. The van der Waals surface area contributed by atoms with Gasteiger partial charge in [0.1, 0.15) is 0 Å². The SMILES string of the molecule is Cc1cn2cc(C3=C\C(=O)N4C=C(N5CCN(CCCI)CC5)C=C\C4=C/C=C/3)cc(F)c2n1. The van der Waals surface area contributed by atoms with E-state index in [9.17, 15) is 9.18 Å². The molecule has 5 rings (SSSR count). The van der Waals surface area contributed by atoms with Crippen LogP contribution < -0.4 is 0 Å². The maximum absolute atomic E-state index is 14.6. The normalized spacial score (nSPS) is 23.0. The molecule has 0 spiro atoms. The molecule has 1 saturated heterocycles. The molecule has 0 unspecified atom stereocenters. The van der Waals surface area contributed by atoms with E-state index in [2.05, 4.69) is 43.5 Å². The van der Waals surface area contributed by atoms with Gasteiger partial charge < -0.3 is 9.30 Å². The van der Waals surface area contributed by atoms with Crippen LogP contribution in [0, 0.1) is 12.7 Å². The van der Waals surface area contributed by atoms with Crippen LogP contribution in [0.25, 0.3) is 11.2 Å². The van der Waals surface area contributed by atoms with Gasteiger partial charge in [-0.05, 0) is 49.8 Å². The minimum Gasteiger partial charge on any atom is -0.368 e. The van der Waals surface area contributed by atoms with Gasteiger partial charge in [-0.1, -0.05) is 34.7 Å². The van der Waals surface area contributed by atoms with Crippen LogP contribution in [0.5, 0.6) is 0 Å². The van der Waals surface area contributed by atoms with Crippen LogP contribution in [0.1, 0.15) is 17.7 Å². The van der Waals surface area contributed by atoms with E-state index in [4.69, 9.17) is 0 Å². The molecule has 2 aromatic heterocycles. The summed E-state index contributed by atoms with van der Waals surface area (Å²) in [6.07, 6.45) is 18.0. The van der Waals surface area contributed by atoms with Crippen molar-refractivity contribution >= 4 is 39.7 Å². The molecule has 34 heavy (non-hydrogen) atoms. The summed E-state index contributed by atoms with van der Waals surface area (Å²) in [5, 5.41) is 0. The smallest absolute Gasteiger partial charge is 0.255 e. The van der Waals surface area contributed by atoms with Crippen molar-refractivity contribution in [3.63, 3.8) is 0 Å². The number of allylic oxidation sites excluding steroid dienone is 6. The molecule has 0 N–H and O–H groups in total. The van der Waals surface area contributed by atoms with E-state index >= 15 is 0 Å². The van der Waals surface area contributed by atoms with Crippen LogP contribution in [-0.4, -0.2) is 67.1 Å². The van der Waals surface area contributed by atoms with E-state index in [0.717, 1.165) is 49.8 Å². The zero-order valence-corrected chi connectivity index (χ0v) is 21.3. The molecule has 0 aromatic carbocycles. The molecule has 5 heterocycles. The average Bonchev–Trinajstić information content (AvgIpc) is 3.22. The van der Waals surface area contributed by atoms with Crippen molar-refractivity contribution in [1.82, 2.24) is 24.1 Å². The maximum Gasteiger partial charge on any atom is 0.255 e. The second-order valence-corrected chi connectivity index (χ2v) is 9.79. The number of amides is 1. The fourth-order valence-electron chi connectivity index (χ4n) is 4.55. The summed E-state index contributed by atoms with van der Waals surface area (Å²) in [6, 6.07) is 1.44. The Labute approximate surface area is 212 Å². The first-order valence-electron chi connectivity index (χ1n) is 11.5. The number of aryl methyl sites for hydroxylation is 1. The molecule has 0 bridgehead atoms. The highest BCUT2D eigenvalue weighted by atomic mass is 127. The van der Waals surface area contributed by atoms with Crippen molar-refractivity contribution in [3.8, 4) is 0 Å². The van der Waals surface area contributed by atoms with Crippen molar-refractivity contribution < 1.29 is 9.18 Å². The summed E-state index contributed by atoms with van der Waals surface area (Å²) < 4.78 is 17.5. The summed E-state index contributed by atoms with van der Waals surface area (Å²) in [4.78, 5) is 24.0. The number of aromatic nitrogens is 2. The van der Waals surface area contributed by atoms with Crippen molar-refractivity contribution in [2.45, 2.75) is 13.3 Å². The van der Waals surface area contributed by atoms with Crippen LogP contribution in [0.3, 0.4) is 0 Å². The highest BCUT2D eigenvalue weighted by Gasteiger charge is 2.23. The number of fused-ring (bicyclic) bond motifs is 2. The highest BCUT2D eigenvalue weighted by molar-refractivity contribution is 14.1. The van der Waals surface area contributed by atoms with Crippen molar-refractivity contribution in [2.75, 3.05) is 37.2 Å². The summed E-state index contributed by atoms with van der Waals surface area (Å²) in [6.45, 7) is 6.94. The monoisotopic (exact) mass is 571 g/mol. The standard InChI is InChI=1S/C26H27FIN5O/c1-19-16-32-17-21(14-24(27)26(32)29-19)20-4-2-5-22-6-7-23(18-33(22)25(34)15-20)31-12-10-30(11-13-31)9-3-8-28/h2,4-7,14-18H,3,8-13H2,1H3/b4-2+,20-15+,22-5+. The first-order valence-corrected chi connectivity index (χ1v) is 13.1. The average molecular weight is 571 g/mol. The Balaban J connectivity index is 1.38. The molecule has 3 aliphatic rings. The van der Waals surface area contributed by atoms with E-state index in [1.807, 2.05) is 43.6 Å². The molecule has 0 aliphatic carbocycles. The predicted octanol–water partition coefficient (Wildman–Crippen LogP) is 4.30. The second-order valence-electron chi connectivity index (χ2n) is 8.71. The third-order valence-electron chi connectivity index (χ3n) is 6.33. The van der Waals surface area contributed by atoms with Crippen molar-refractivity contribution in [2.24, 2.45) is 0 Å². The van der Waals surface area contributed by atoms with E-state index in [1.165, 1.54) is 16.9 Å². The molecule has 3 aliphatic heterocycles. The summed E-state index contributed by atoms with van der Waals surface area (Å²) in [7, 11) is 0. The second kappa shape index (κ2) is 9.87. The molecule has 1 fully saturated rings. The Morgan fingerprint density at radius 3 is 2.68 bits per heavy atom. The molecule has 8 heteroatoms. The molecule has 0 saturated carbocycles. The van der Waals surface area contributed by atoms with Crippen LogP contribution in [-0.2, 0) is 4.79 Å². The molecule has 2 aromatic rings. The summed E-state index contributed by atoms with van der Waals surface area (Å²) in [5.74, 6) is -0.568. The van der Waals surface area contributed by atoms with Gasteiger partial charge >= 0.3 is 0 Å². The third-order valence-corrected chi connectivity index (χ3v) is 7.09. The number of rotatable bonds is 5. The van der Waals surface area contributed by atoms with Crippen molar-refractivity contribution in [1.29, 1.82) is 0 Å². The fourth-order valence-corrected chi connectivity index (χ4v) is 4.89. The quantitative estimate of drug-likeness (QED) is 0.397.